The van der Waals surface area contributed by atoms with Crippen molar-refractivity contribution in [2.45, 2.75) is 58.0 Å². The van der Waals surface area contributed by atoms with Gasteiger partial charge in [-0.05, 0) is 18.8 Å². The van der Waals surface area contributed by atoms with Crippen LogP contribution in [0.3, 0.4) is 0 Å². The Hall–Kier alpha value is -2.25. The maximum atomic E-state index is 12.8. The highest BCUT2D eigenvalue weighted by atomic mass is 19.3. The second-order valence-electron chi connectivity index (χ2n) is 7.54. The summed E-state index contributed by atoms with van der Waals surface area (Å²) in [5.41, 5.74) is 1.40. The van der Waals surface area contributed by atoms with E-state index in [1.165, 1.54) is 44.5 Å². The van der Waals surface area contributed by atoms with Crippen LogP contribution in [0.25, 0.3) is 11.3 Å². The first kappa shape index (κ1) is 18.1. The lowest BCUT2D eigenvalue weighted by molar-refractivity contribution is -0.132. The van der Waals surface area contributed by atoms with E-state index in [1.54, 1.807) is 6.20 Å². The van der Waals surface area contributed by atoms with Crippen molar-refractivity contribution in [3.8, 4) is 11.3 Å². The Morgan fingerprint density at radius 1 is 1.15 bits per heavy atom. The van der Waals surface area contributed by atoms with Gasteiger partial charge in [-0.15, -0.1) is 0 Å². The number of amides is 1. The topological polar surface area (TPSA) is 56.0 Å². The third-order valence-corrected chi connectivity index (χ3v) is 5.78. The molecule has 0 spiro atoms. The zero-order valence-corrected chi connectivity index (χ0v) is 15.4. The Morgan fingerprint density at radius 2 is 1.96 bits per heavy atom. The second-order valence-corrected chi connectivity index (χ2v) is 7.54. The molecular weight excluding hydrogens is 352 g/mol. The maximum absolute atomic E-state index is 12.8. The Bertz CT molecular complexity index is 794. The molecule has 1 saturated carbocycles. The normalized spacial score (nSPS) is 18.6. The quantitative estimate of drug-likeness (QED) is 0.820. The van der Waals surface area contributed by atoms with E-state index in [4.69, 9.17) is 0 Å². The molecular formula is C19H25F2N5O. The molecule has 0 aromatic carbocycles. The molecule has 8 heteroatoms. The zero-order chi connectivity index (χ0) is 18.8. The minimum absolute atomic E-state index is 0.236. The molecule has 0 N–H and O–H groups in total. The molecule has 0 bridgehead atoms. The summed E-state index contributed by atoms with van der Waals surface area (Å²) in [6.45, 7) is -0.734. The molecule has 1 amide bonds. The van der Waals surface area contributed by atoms with Gasteiger partial charge in [-0.1, -0.05) is 19.3 Å². The Balaban J connectivity index is 1.44. The summed E-state index contributed by atoms with van der Waals surface area (Å²) >= 11 is 0. The molecule has 4 rings (SSSR count). The SMILES string of the molecule is O=C(CC1CCCCC1)N1CCc2ncc(-c3cnn(C(F)F)c3)n2CC1. The number of halogens is 2. The first-order valence-electron chi connectivity index (χ1n) is 9.76. The highest BCUT2D eigenvalue weighted by Gasteiger charge is 2.24. The summed E-state index contributed by atoms with van der Waals surface area (Å²) in [5, 5.41) is 3.71. The first-order valence-corrected chi connectivity index (χ1v) is 9.76. The average molecular weight is 377 g/mol. The molecule has 1 aliphatic carbocycles. The van der Waals surface area contributed by atoms with Gasteiger partial charge in [-0.2, -0.15) is 13.9 Å². The molecule has 1 fully saturated rings. The van der Waals surface area contributed by atoms with Crippen LogP contribution in [0.1, 0.15) is 50.9 Å². The minimum Gasteiger partial charge on any atom is -0.340 e. The molecule has 0 atom stereocenters. The van der Waals surface area contributed by atoms with Crippen LogP contribution in [0.2, 0.25) is 0 Å². The number of hydrogen-bond acceptors (Lipinski definition) is 3. The number of alkyl halides is 2. The van der Waals surface area contributed by atoms with Gasteiger partial charge in [0.15, 0.2) is 0 Å². The molecule has 2 aliphatic rings. The van der Waals surface area contributed by atoms with Gasteiger partial charge in [0.05, 0.1) is 18.1 Å². The largest absolute Gasteiger partial charge is 0.340 e. The monoisotopic (exact) mass is 377 g/mol. The number of hydrogen-bond donors (Lipinski definition) is 0. The number of rotatable bonds is 4. The average Bonchev–Trinajstić information content (AvgIpc) is 3.25. The lowest BCUT2D eigenvalue weighted by Crippen LogP contribution is -2.35. The van der Waals surface area contributed by atoms with Gasteiger partial charge in [0, 0.05) is 44.2 Å². The van der Waals surface area contributed by atoms with E-state index in [0.29, 0.717) is 48.6 Å². The second kappa shape index (κ2) is 7.78. The molecule has 2 aromatic rings. The zero-order valence-electron chi connectivity index (χ0n) is 15.4. The van der Waals surface area contributed by atoms with Crippen LogP contribution in [0.15, 0.2) is 18.6 Å². The number of imidazole rings is 1. The van der Waals surface area contributed by atoms with Gasteiger partial charge >= 0.3 is 6.55 Å². The van der Waals surface area contributed by atoms with E-state index in [9.17, 15) is 13.6 Å². The van der Waals surface area contributed by atoms with Crippen LogP contribution in [-0.4, -0.2) is 43.2 Å². The van der Waals surface area contributed by atoms with Crippen LogP contribution in [0.4, 0.5) is 8.78 Å². The summed E-state index contributed by atoms with van der Waals surface area (Å²) in [6, 6.07) is 0. The fourth-order valence-electron chi connectivity index (χ4n) is 4.25. The number of fused-ring (bicyclic) bond motifs is 1. The highest BCUT2D eigenvalue weighted by molar-refractivity contribution is 5.76. The van der Waals surface area contributed by atoms with Gasteiger partial charge in [0.25, 0.3) is 0 Å². The van der Waals surface area contributed by atoms with Gasteiger partial charge in [0.1, 0.15) is 5.82 Å². The van der Waals surface area contributed by atoms with E-state index in [0.717, 1.165) is 11.5 Å². The molecule has 0 radical (unpaired) electrons. The van der Waals surface area contributed by atoms with Crippen LogP contribution in [0.5, 0.6) is 0 Å². The van der Waals surface area contributed by atoms with E-state index >= 15 is 0 Å². The van der Waals surface area contributed by atoms with Crippen molar-refractivity contribution in [2.75, 3.05) is 13.1 Å². The summed E-state index contributed by atoms with van der Waals surface area (Å²) in [7, 11) is 0. The Labute approximate surface area is 157 Å². The maximum Gasteiger partial charge on any atom is 0.333 e. The number of aromatic nitrogens is 4. The van der Waals surface area contributed by atoms with Gasteiger partial charge in [-0.25, -0.2) is 9.67 Å². The molecule has 1 aliphatic heterocycles. The fourth-order valence-corrected chi connectivity index (χ4v) is 4.25. The number of carbonyl (C=O) groups is 1. The Morgan fingerprint density at radius 3 is 2.70 bits per heavy atom. The van der Waals surface area contributed by atoms with Crippen molar-refractivity contribution in [1.29, 1.82) is 0 Å². The number of carbonyl (C=O) groups excluding carboxylic acids is 1. The molecule has 27 heavy (non-hydrogen) atoms. The molecule has 0 unspecified atom stereocenters. The number of nitrogens with zero attached hydrogens (tertiary/aromatic N) is 5. The lowest BCUT2D eigenvalue weighted by atomic mass is 9.86. The highest BCUT2D eigenvalue weighted by Crippen LogP contribution is 2.28. The fraction of sp³-hybridized carbons (Fsp3) is 0.632. The smallest absolute Gasteiger partial charge is 0.333 e. The molecule has 146 valence electrons. The third kappa shape index (κ3) is 3.89. The molecule has 2 aromatic heterocycles. The molecule has 3 heterocycles. The van der Waals surface area contributed by atoms with Crippen molar-refractivity contribution in [2.24, 2.45) is 5.92 Å². The first-order chi connectivity index (χ1) is 13.1. The van der Waals surface area contributed by atoms with Gasteiger partial charge in [-0.3, -0.25) is 4.79 Å². The van der Waals surface area contributed by atoms with Crippen molar-refractivity contribution >= 4 is 5.91 Å². The summed E-state index contributed by atoms with van der Waals surface area (Å²) in [4.78, 5) is 19.1. The minimum atomic E-state index is -2.65. The van der Waals surface area contributed by atoms with Crippen molar-refractivity contribution in [1.82, 2.24) is 24.2 Å². The third-order valence-electron chi connectivity index (χ3n) is 5.78. The predicted octanol–water partition coefficient (Wildman–Crippen LogP) is 3.50. The van der Waals surface area contributed by atoms with Crippen molar-refractivity contribution in [3.63, 3.8) is 0 Å². The summed E-state index contributed by atoms with van der Waals surface area (Å²) in [5.74, 6) is 1.66. The standard InChI is InChI=1S/C19H25F2N5O/c20-19(21)26-13-15(11-23-26)16-12-22-17-6-7-24(8-9-25(16)17)18(27)10-14-4-2-1-3-5-14/h11-14,19H,1-10H2. The van der Waals surface area contributed by atoms with Crippen LogP contribution in [0, 0.1) is 5.92 Å². The predicted molar refractivity (Wildman–Crippen MR) is 96.2 cm³/mol. The van der Waals surface area contributed by atoms with Crippen LogP contribution >= 0.6 is 0 Å². The van der Waals surface area contributed by atoms with Gasteiger partial charge < -0.3 is 9.47 Å². The Kier molecular flexibility index (Phi) is 5.22. The van der Waals surface area contributed by atoms with E-state index in [1.807, 2.05) is 9.47 Å². The van der Waals surface area contributed by atoms with Crippen molar-refractivity contribution in [3.05, 3.63) is 24.4 Å². The summed E-state index contributed by atoms with van der Waals surface area (Å²) in [6.07, 6.45) is 11.9. The van der Waals surface area contributed by atoms with Gasteiger partial charge in [0.2, 0.25) is 5.91 Å². The molecule has 6 nitrogen and oxygen atoms in total. The van der Waals surface area contributed by atoms with Crippen LogP contribution < -0.4 is 0 Å². The van der Waals surface area contributed by atoms with Crippen LogP contribution in [-0.2, 0) is 17.8 Å². The van der Waals surface area contributed by atoms with Crippen molar-refractivity contribution < 1.29 is 13.6 Å². The summed E-state index contributed by atoms with van der Waals surface area (Å²) < 4.78 is 28.3. The molecule has 0 saturated heterocycles. The van der Waals surface area contributed by atoms with E-state index in [2.05, 4.69) is 10.1 Å². The van der Waals surface area contributed by atoms with E-state index < -0.39 is 6.55 Å². The lowest BCUT2D eigenvalue weighted by Gasteiger charge is -2.25. The van der Waals surface area contributed by atoms with E-state index in [-0.39, 0.29) is 5.91 Å².